The van der Waals surface area contributed by atoms with Gasteiger partial charge in [0.1, 0.15) is 11.6 Å². The number of nitrogens with one attached hydrogen (secondary N) is 2. The molecule has 1 unspecified atom stereocenters. The van der Waals surface area contributed by atoms with E-state index in [-0.39, 0.29) is 5.95 Å². The summed E-state index contributed by atoms with van der Waals surface area (Å²) in [6, 6.07) is 11.2. The third-order valence-electron chi connectivity index (χ3n) is 2.76. The van der Waals surface area contributed by atoms with E-state index < -0.39 is 6.10 Å². The Hall–Kier alpha value is -2.34. The highest BCUT2D eigenvalue weighted by molar-refractivity contribution is 5.51. The molecule has 1 aromatic carbocycles. The van der Waals surface area contributed by atoms with Gasteiger partial charge in [0.2, 0.25) is 5.95 Å². The number of anilines is 3. The number of aliphatic hydroxyl groups is 1. The molecule has 2 rings (SSSR count). The Morgan fingerprint density at radius 2 is 1.80 bits per heavy atom. The molecule has 1 heterocycles. The number of hydrogen-bond acceptors (Lipinski definition) is 6. The predicted molar refractivity (Wildman–Crippen MR) is 80.5 cm³/mol. The second kappa shape index (κ2) is 6.72. The quantitative estimate of drug-likeness (QED) is 0.639. The predicted octanol–water partition coefficient (Wildman–Crippen LogP) is 1.64. The maximum atomic E-state index is 10.1. The molecular formula is C14H19N5O. The summed E-state index contributed by atoms with van der Waals surface area (Å²) < 4.78 is 0. The molecule has 0 amide bonds. The summed E-state index contributed by atoms with van der Waals surface area (Å²) >= 11 is 0. The van der Waals surface area contributed by atoms with Crippen LogP contribution in [0, 0.1) is 0 Å². The van der Waals surface area contributed by atoms with E-state index in [0.29, 0.717) is 18.2 Å². The van der Waals surface area contributed by atoms with Crippen LogP contribution in [-0.2, 0) is 0 Å². The molecule has 0 bridgehead atoms. The number of hydrogen-bond donors (Lipinski definition) is 4. The number of nitrogen functional groups attached to an aromatic ring is 1. The molecule has 0 saturated heterocycles. The lowest BCUT2D eigenvalue weighted by Crippen LogP contribution is -2.14. The van der Waals surface area contributed by atoms with Crippen molar-refractivity contribution in [1.82, 2.24) is 9.97 Å². The molecule has 0 fully saturated rings. The fraction of sp³-hybridized carbons (Fsp3) is 0.286. The Bertz CT molecular complexity index is 547. The molecule has 0 radical (unpaired) electrons. The van der Waals surface area contributed by atoms with Crippen LogP contribution in [0.15, 0.2) is 36.4 Å². The molecule has 1 aromatic heterocycles. The van der Waals surface area contributed by atoms with Crippen molar-refractivity contribution in [2.45, 2.75) is 13.0 Å². The van der Waals surface area contributed by atoms with E-state index in [1.54, 1.807) is 6.07 Å². The summed E-state index contributed by atoms with van der Waals surface area (Å²) in [4.78, 5) is 8.15. The van der Waals surface area contributed by atoms with Crippen LogP contribution >= 0.6 is 0 Å². The summed E-state index contributed by atoms with van der Waals surface area (Å²) in [6.45, 7) is 3.08. The van der Waals surface area contributed by atoms with Crippen LogP contribution in [0.1, 0.15) is 18.6 Å². The molecule has 106 valence electrons. The Morgan fingerprint density at radius 3 is 2.45 bits per heavy atom. The van der Waals surface area contributed by atoms with E-state index in [1.807, 2.05) is 37.3 Å². The molecule has 0 aliphatic heterocycles. The van der Waals surface area contributed by atoms with Gasteiger partial charge in [0.05, 0.1) is 6.10 Å². The highest BCUT2D eigenvalue weighted by Crippen LogP contribution is 2.15. The molecule has 0 aliphatic rings. The van der Waals surface area contributed by atoms with Gasteiger partial charge < -0.3 is 21.5 Å². The molecule has 5 N–H and O–H groups in total. The van der Waals surface area contributed by atoms with E-state index in [2.05, 4.69) is 20.6 Å². The first-order chi connectivity index (χ1) is 9.69. The first-order valence-corrected chi connectivity index (χ1v) is 6.54. The van der Waals surface area contributed by atoms with Crippen LogP contribution in [-0.4, -0.2) is 28.2 Å². The first kappa shape index (κ1) is 14.1. The van der Waals surface area contributed by atoms with E-state index in [4.69, 9.17) is 5.73 Å². The van der Waals surface area contributed by atoms with Gasteiger partial charge >= 0.3 is 0 Å². The van der Waals surface area contributed by atoms with Crippen molar-refractivity contribution in [2.75, 3.05) is 29.5 Å². The Labute approximate surface area is 118 Å². The van der Waals surface area contributed by atoms with Gasteiger partial charge in [-0.1, -0.05) is 30.3 Å². The third-order valence-corrected chi connectivity index (χ3v) is 2.76. The summed E-state index contributed by atoms with van der Waals surface area (Å²) in [5.74, 6) is 1.44. The highest BCUT2D eigenvalue weighted by Gasteiger charge is 2.08. The lowest BCUT2D eigenvalue weighted by Gasteiger charge is -2.13. The smallest absolute Gasteiger partial charge is 0.223 e. The molecule has 6 heteroatoms. The molecule has 6 nitrogen and oxygen atoms in total. The lowest BCUT2D eigenvalue weighted by atomic mass is 10.1. The van der Waals surface area contributed by atoms with E-state index in [9.17, 15) is 5.11 Å². The minimum atomic E-state index is -0.602. The zero-order valence-corrected chi connectivity index (χ0v) is 11.4. The van der Waals surface area contributed by atoms with Crippen molar-refractivity contribution in [3.63, 3.8) is 0 Å². The minimum Gasteiger partial charge on any atom is -0.387 e. The van der Waals surface area contributed by atoms with Crippen molar-refractivity contribution in [1.29, 1.82) is 0 Å². The van der Waals surface area contributed by atoms with Gasteiger partial charge in [0.25, 0.3) is 0 Å². The number of nitrogens with two attached hydrogens (primary N) is 1. The average Bonchev–Trinajstić information content (AvgIpc) is 2.45. The van der Waals surface area contributed by atoms with Crippen LogP contribution in [0.3, 0.4) is 0 Å². The fourth-order valence-electron chi connectivity index (χ4n) is 1.82. The van der Waals surface area contributed by atoms with Crippen LogP contribution in [0.5, 0.6) is 0 Å². The zero-order chi connectivity index (χ0) is 14.4. The second-order valence-corrected chi connectivity index (χ2v) is 4.33. The summed E-state index contributed by atoms with van der Waals surface area (Å²) in [5, 5.41) is 16.2. The Morgan fingerprint density at radius 1 is 1.15 bits per heavy atom. The Balaban J connectivity index is 2.00. The van der Waals surface area contributed by atoms with Crippen LogP contribution in [0.25, 0.3) is 0 Å². The van der Waals surface area contributed by atoms with E-state index in [1.165, 1.54) is 0 Å². The third kappa shape index (κ3) is 3.83. The normalized spacial score (nSPS) is 11.9. The average molecular weight is 273 g/mol. The van der Waals surface area contributed by atoms with Gasteiger partial charge in [-0.3, -0.25) is 0 Å². The van der Waals surface area contributed by atoms with Gasteiger partial charge in [0.15, 0.2) is 0 Å². The summed E-state index contributed by atoms with van der Waals surface area (Å²) in [6.07, 6.45) is -0.602. The standard InChI is InChI=1S/C14H19N5O/c1-2-16-12-8-13(19-14(15)18-12)17-9-11(20)10-6-4-3-5-7-10/h3-8,11,20H,2,9H2,1H3,(H4,15,16,17,18,19). The minimum absolute atomic E-state index is 0.195. The highest BCUT2D eigenvalue weighted by atomic mass is 16.3. The summed E-state index contributed by atoms with van der Waals surface area (Å²) in [7, 11) is 0. The Kier molecular flexibility index (Phi) is 4.73. The van der Waals surface area contributed by atoms with Gasteiger partial charge in [-0.05, 0) is 12.5 Å². The van der Waals surface area contributed by atoms with E-state index in [0.717, 1.165) is 12.1 Å². The van der Waals surface area contributed by atoms with Crippen molar-refractivity contribution < 1.29 is 5.11 Å². The van der Waals surface area contributed by atoms with Gasteiger partial charge in [0, 0.05) is 19.2 Å². The SMILES string of the molecule is CCNc1cc(NCC(O)c2ccccc2)nc(N)n1. The van der Waals surface area contributed by atoms with E-state index >= 15 is 0 Å². The van der Waals surface area contributed by atoms with Crippen molar-refractivity contribution in [3.05, 3.63) is 42.0 Å². The number of rotatable bonds is 6. The van der Waals surface area contributed by atoms with Crippen LogP contribution < -0.4 is 16.4 Å². The molecule has 20 heavy (non-hydrogen) atoms. The van der Waals surface area contributed by atoms with Gasteiger partial charge in [-0.25, -0.2) is 0 Å². The maximum Gasteiger partial charge on any atom is 0.223 e. The van der Waals surface area contributed by atoms with Crippen molar-refractivity contribution >= 4 is 17.6 Å². The zero-order valence-electron chi connectivity index (χ0n) is 11.4. The number of benzene rings is 1. The van der Waals surface area contributed by atoms with Crippen LogP contribution in [0.4, 0.5) is 17.6 Å². The van der Waals surface area contributed by atoms with Crippen LogP contribution in [0.2, 0.25) is 0 Å². The molecule has 0 spiro atoms. The topological polar surface area (TPSA) is 96.1 Å². The van der Waals surface area contributed by atoms with Gasteiger partial charge in [-0.2, -0.15) is 9.97 Å². The first-order valence-electron chi connectivity index (χ1n) is 6.54. The molecule has 0 saturated carbocycles. The maximum absolute atomic E-state index is 10.1. The molecule has 1 atom stereocenters. The molecule has 0 aliphatic carbocycles. The largest absolute Gasteiger partial charge is 0.387 e. The van der Waals surface area contributed by atoms with Crippen molar-refractivity contribution in [3.8, 4) is 0 Å². The molecular weight excluding hydrogens is 254 g/mol. The fourth-order valence-corrected chi connectivity index (χ4v) is 1.82. The van der Waals surface area contributed by atoms with Crippen molar-refractivity contribution in [2.24, 2.45) is 0 Å². The number of aromatic nitrogens is 2. The monoisotopic (exact) mass is 273 g/mol. The second-order valence-electron chi connectivity index (χ2n) is 4.33. The number of aliphatic hydroxyl groups excluding tert-OH is 1. The summed E-state index contributed by atoms with van der Waals surface area (Å²) in [5.41, 5.74) is 6.50. The van der Waals surface area contributed by atoms with Gasteiger partial charge in [-0.15, -0.1) is 0 Å². The lowest BCUT2D eigenvalue weighted by molar-refractivity contribution is 0.191. The molecule has 2 aromatic rings. The number of nitrogens with zero attached hydrogens (tertiary/aromatic N) is 2.